The van der Waals surface area contributed by atoms with E-state index in [9.17, 15) is 0 Å². The number of aliphatic imine (C=N–C) groups is 1. The van der Waals surface area contributed by atoms with Crippen molar-refractivity contribution in [2.75, 3.05) is 13.1 Å². The van der Waals surface area contributed by atoms with Crippen molar-refractivity contribution in [1.29, 1.82) is 0 Å². The first kappa shape index (κ1) is 7.54. The van der Waals surface area contributed by atoms with E-state index in [4.69, 9.17) is 0 Å². The van der Waals surface area contributed by atoms with Gasteiger partial charge in [-0.2, -0.15) is 0 Å². The molecule has 0 amide bonds. The van der Waals surface area contributed by atoms with Gasteiger partial charge in [-0.15, -0.1) is 0 Å². The maximum Gasteiger partial charge on any atom is 0.108 e. The highest BCUT2D eigenvalue weighted by Crippen LogP contribution is 1.99. The minimum atomic E-state index is 0.446. The predicted molar refractivity (Wildman–Crippen MR) is 43.0 cm³/mol. The summed E-state index contributed by atoms with van der Waals surface area (Å²) in [5.41, 5.74) is 3.18. The van der Waals surface area contributed by atoms with Gasteiger partial charge >= 0.3 is 0 Å². The van der Waals surface area contributed by atoms with E-state index in [-0.39, 0.29) is 0 Å². The normalized spacial score (nSPS) is 27.5. The minimum absolute atomic E-state index is 0.446. The van der Waals surface area contributed by atoms with Crippen LogP contribution in [0.1, 0.15) is 20.8 Å². The third-order valence-electron chi connectivity index (χ3n) is 1.60. The molecule has 0 aromatic carbocycles. The largest absolute Gasteiger partial charge is 0.307 e. The van der Waals surface area contributed by atoms with Crippen LogP contribution in [0.3, 0.4) is 0 Å². The molecule has 3 nitrogen and oxygen atoms in total. The van der Waals surface area contributed by atoms with Crippen LogP contribution in [0.4, 0.5) is 0 Å². The molecule has 1 heterocycles. The second kappa shape index (κ2) is 3.01. The Balaban J connectivity index is 2.52. The Kier molecular flexibility index (Phi) is 2.27. The average Bonchev–Trinajstić information content (AvgIpc) is 1.85. The summed E-state index contributed by atoms with van der Waals surface area (Å²) in [6.07, 6.45) is 0. The second-order valence-electron chi connectivity index (χ2n) is 2.71. The van der Waals surface area contributed by atoms with Gasteiger partial charge in [-0.25, -0.2) is 5.01 Å². The molecule has 0 saturated carbocycles. The zero-order valence-electron chi connectivity index (χ0n) is 6.89. The minimum Gasteiger partial charge on any atom is -0.307 e. The van der Waals surface area contributed by atoms with Crippen LogP contribution in [0, 0.1) is 0 Å². The van der Waals surface area contributed by atoms with Crippen molar-refractivity contribution in [2.45, 2.75) is 26.8 Å². The smallest absolute Gasteiger partial charge is 0.108 e. The van der Waals surface area contributed by atoms with Crippen molar-refractivity contribution in [3.05, 3.63) is 0 Å². The molecular formula is C7H15N3. The number of nitrogens with one attached hydrogen (secondary N) is 1. The van der Waals surface area contributed by atoms with E-state index in [1.165, 1.54) is 0 Å². The summed E-state index contributed by atoms with van der Waals surface area (Å²) >= 11 is 0. The van der Waals surface area contributed by atoms with Crippen molar-refractivity contribution in [1.82, 2.24) is 10.4 Å². The lowest BCUT2D eigenvalue weighted by atomic mass is 10.3. The van der Waals surface area contributed by atoms with E-state index in [1.807, 2.05) is 6.92 Å². The number of hydrogen-bond donors (Lipinski definition) is 1. The van der Waals surface area contributed by atoms with Gasteiger partial charge in [0.05, 0.1) is 6.04 Å². The summed E-state index contributed by atoms with van der Waals surface area (Å²) in [5, 5.41) is 2.17. The molecule has 0 fully saturated rings. The molecule has 1 rings (SSSR count). The van der Waals surface area contributed by atoms with Gasteiger partial charge in [0.1, 0.15) is 5.84 Å². The quantitative estimate of drug-likeness (QED) is 0.580. The van der Waals surface area contributed by atoms with E-state index in [1.54, 1.807) is 0 Å². The molecule has 0 spiro atoms. The molecule has 0 saturated heterocycles. The van der Waals surface area contributed by atoms with Crippen LogP contribution in [0.15, 0.2) is 4.99 Å². The number of nitrogens with zero attached hydrogens (tertiary/aromatic N) is 2. The average molecular weight is 141 g/mol. The van der Waals surface area contributed by atoms with Crippen molar-refractivity contribution in [2.24, 2.45) is 4.99 Å². The van der Waals surface area contributed by atoms with Crippen LogP contribution < -0.4 is 5.43 Å². The maximum absolute atomic E-state index is 4.34. The molecule has 3 heteroatoms. The van der Waals surface area contributed by atoms with Crippen LogP contribution >= 0.6 is 0 Å². The van der Waals surface area contributed by atoms with Gasteiger partial charge in [0.25, 0.3) is 0 Å². The fraction of sp³-hybridized carbons (Fsp3) is 0.857. The fourth-order valence-electron chi connectivity index (χ4n) is 1.20. The van der Waals surface area contributed by atoms with Crippen LogP contribution in [0.25, 0.3) is 0 Å². The van der Waals surface area contributed by atoms with E-state index in [2.05, 4.69) is 29.3 Å². The molecule has 0 radical (unpaired) electrons. The zero-order chi connectivity index (χ0) is 7.56. The van der Waals surface area contributed by atoms with Gasteiger partial charge in [-0.05, 0) is 13.8 Å². The molecule has 0 aliphatic carbocycles. The van der Waals surface area contributed by atoms with E-state index in [0.717, 1.165) is 18.9 Å². The van der Waals surface area contributed by atoms with Crippen molar-refractivity contribution in [3.8, 4) is 0 Å². The molecule has 0 aromatic rings. The van der Waals surface area contributed by atoms with E-state index < -0.39 is 0 Å². The third kappa shape index (κ3) is 1.70. The van der Waals surface area contributed by atoms with Gasteiger partial charge in [0, 0.05) is 13.1 Å². The number of amidine groups is 1. The lowest BCUT2D eigenvalue weighted by Gasteiger charge is -2.29. The molecule has 1 aliphatic rings. The van der Waals surface area contributed by atoms with Crippen LogP contribution in [0.2, 0.25) is 0 Å². The molecule has 1 aliphatic heterocycles. The monoisotopic (exact) mass is 141 g/mol. The number of likely N-dealkylation sites (N-methyl/N-ethyl adjacent to an activating group) is 1. The first-order valence-electron chi connectivity index (χ1n) is 3.78. The molecule has 1 N–H and O–H groups in total. The Morgan fingerprint density at radius 1 is 1.80 bits per heavy atom. The fourth-order valence-corrected chi connectivity index (χ4v) is 1.20. The summed E-state index contributed by atoms with van der Waals surface area (Å²) in [4.78, 5) is 4.34. The summed E-state index contributed by atoms with van der Waals surface area (Å²) in [6, 6.07) is 0.446. The summed E-state index contributed by atoms with van der Waals surface area (Å²) in [7, 11) is 0. The van der Waals surface area contributed by atoms with Gasteiger partial charge in [-0.1, -0.05) is 6.92 Å². The van der Waals surface area contributed by atoms with E-state index in [0.29, 0.717) is 6.04 Å². The topological polar surface area (TPSA) is 27.6 Å². The molecule has 1 unspecified atom stereocenters. The highest BCUT2D eigenvalue weighted by Gasteiger charge is 2.12. The number of hydrazine groups is 1. The number of hydrogen-bond acceptors (Lipinski definition) is 3. The Morgan fingerprint density at radius 3 is 3.00 bits per heavy atom. The van der Waals surface area contributed by atoms with Gasteiger partial charge in [0.2, 0.25) is 0 Å². The molecule has 58 valence electrons. The first-order valence-corrected chi connectivity index (χ1v) is 3.78. The van der Waals surface area contributed by atoms with Crippen LogP contribution in [-0.4, -0.2) is 30.0 Å². The second-order valence-corrected chi connectivity index (χ2v) is 2.71. The Hall–Kier alpha value is -0.570. The van der Waals surface area contributed by atoms with Gasteiger partial charge in [-0.3, -0.25) is 4.99 Å². The highest BCUT2D eigenvalue weighted by atomic mass is 15.5. The third-order valence-corrected chi connectivity index (χ3v) is 1.60. The predicted octanol–water partition coefficient (Wildman–Crippen LogP) is 0.633. The SMILES string of the molecule is CCN1CC(C)N=C(C)N1. The zero-order valence-corrected chi connectivity index (χ0v) is 6.89. The van der Waals surface area contributed by atoms with Crippen LogP contribution in [-0.2, 0) is 0 Å². The summed E-state index contributed by atoms with van der Waals surface area (Å²) in [5.74, 6) is 1.03. The van der Waals surface area contributed by atoms with Crippen molar-refractivity contribution >= 4 is 5.84 Å². The highest BCUT2D eigenvalue weighted by molar-refractivity contribution is 5.79. The Labute approximate surface area is 62.1 Å². The summed E-state index contributed by atoms with van der Waals surface area (Å²) in [6.45, 7) is 8.33. The molecule has 10 heavy (non-hydrogen) atoms. The lowest BCUT2D eigenvalue weighted by molar-refractivity contribution is 0.221. The first-order chi connectivity index (χ1) is 4.72. The summed E-state index contributed by atoms with van der Waals surface area (Å²) < 4.78 is 0. The van der Waals surface area contributed by atoms with E-state index >= 15 is 0 Å². The molecule has 0 aromatic heterocycles. The Morgan fingerprint density at radius 2 is 2.50 bits per heavy atom. The molecular weight excluding hydrogens is 126 g/mol. The Bertz CT molecular complexity index is 142. The maximum atomic E-state index is 4.34. The van der Waals surface area contributed by atoms with Crippen molar-refractivity contribution < 1.29 is 0 Å². The lowest BCUT2D eigenvalue weighted by Crippen LogP contribution is -2.48. The molecule has 1 atom stereocenters. The van der Waals surface area contributed by atoms with Gasteiger partial charge < -0.3 is 5.43 Å². The van der Waals surface area contributed by atoms with Crippen molar-refractivity contribution in [3.63, 3.8) is 0 Å². The molecule has 0 bridgehead atoms. The van der Waals surface area contributed by atoms with Gasteiger partial charge in [0.15, 0.2) is 0 Å². The number of rotatable bonds is 1. The van der Waals surface area contributed by atoms with Crippen LogP contribution in [0.5, 0.6) is 0 Å². The standard InChI is InChI=1S/C7H15N3/c1-4-10-5-6(2)8-7(3)9-10/h6H,4-5H2,1-3H3,(H,8,9).